The number of hydrogen-bond acceptors (Lipinski definition) is 4. The molecule has 0 aliphatic heterocycles. The Hall–Kier alpha value is -1.56. The molecule has 16 heavy (non-hydrogen) atoms. The van der Waals surface area contributed by atoms with Gasteiger partial charge in [-0.2, -0.15) is 5.10 Å². The highest BCUT2D eigenvalue weighted by Gasteiger charge is 2.04. The van der Waals surface area contributed by atoms with E-state index >= 15 is 0 Å². The maximum absolute atomic E-state index is 5.68. The molecule has 0 atom stereocenters. The first-order valence-corrected chi connectivity index (χ1v) is 5.60. The van der Waals surface area contributed by atoms with Crippen molar-refractivity contribution in [1.29, 1.82) is 0 Å². The molecule has 0 unspecified atom stereocenters. The van der Waals surface area contributed by atoms with Crippen LogP contribution >= 0.6 is 15.9 Å². The minimum atomic E-state index is 0.579. The van der Waals surface area contributed by atoms with Crippen LogP contribution in [0.4, 0.5) is 11.6 Å². The quantitative estimate of drug-likeness (QED) is 0.805. The zero-order chi connectivity index (χ0) is 11.5. The van der Waals surface area contributed by atoms with Gasteiger partial charge < -0.3 is 11.1 Å². The van der Waals surface area contributed by atoms with E-state index in [0.717, 1.165) is 21.4 Å². The first-order valence-electron chi connectivity index (χ1n) is 4.80. The Labute approximate surface area is 102 Å². The van der Waals surface area contributed by atoms with Gasteiger partial charge in [0.15, 0.2) is 0 Å². The normalized spacial score (nSPS) is 10.4. The molecular weight excluding hydrogens is 270 g/mol. The van der Waals surface area contributed by atoms with Gasteiger partial charge in [0.05, 0.1) is 10.7 Å². The van der Waals surface area contributed by atoms with Crippen molar-refractivity contribution in [1.82, 2.24) is 15.2 Å². The van der Waals surface area contributed by atoms with Crippen molar-refractivity contribution in [3.63, 3.8) is 0 Å². The van der Waals surface area contributed by atoms with Crippen LogP contribution in [0.5, 0.6) is 0 Å². The highest BCUT2D eigenvalue weighted by Crippen LogP contribution is 2.21. The van der Waals surface area contributed by atoms with Crippen LogP contribution in [-0.2, 0) is 6.54 Å². The number of nitrogens with one attached hydrogen (secondary N) is 2. The number of aryl methyl sites for hydroxylation is 1. The number of nitrogens with two attached hydrogens (primary N) is 1. The van der Waals surface area contributed by atoms with Crippen LogP contribution < -0.4 is 11.1 Å². The summed E-state index contributed by atoms with van der Waals surface area (Å²) >= 11 is 3.45. The third-order valence-corrected chi connectivity index (χ3v) is 2.78. The monoisotopic (exact) mass is 281 g/mol. The number of aromatic nitrogens is 3. The van der Waals surface area contributed by atoms with Gasteiger partial charge in [-0.1, -0.05) is 0 Å². The van der Waals surface area contributed by atoms with Gasteiger partial charge in [-0.05, 0) is 34.5 Å². The number of nitrogen functional groups attached to an aromatic ring is 1. The second-order valence-electron chi connectivity index (χ2n) is 3.51. The minimum Gasteiger partial charge on any atom is -0.384 e. The third-order valence-electron chi connectivity index (χ3n) is 2.18. The van der Waals surface area contributed by atoms with Crippen molar-refractivity contribution in [3.8, 4) is 0 Å². The fraction of sp³-hybridized carbons (Fsp3) is 0.200. The Kier molecular flexibility index (Phi) is 3.09. The van der Waals surface area contributed by atoms with Crippen molar-refractivity contribution in [2.24, 2.45) is 0 Å². The number of anilines is 2. The summed E-state index contributed by atoms with van der Waals surface area (Å²) in [7, 11) is 0. The van der Waals surface area contributed by atoms with E-state index in [0.29, 0.717) is 12.4 Å². The summed E-state index contributed by atoms with van der Waals surface area (Å²) in [6.07, 6.45) is 3.51. The molecule has 0 bridgehead atoms. The van der Waals surface area contributed by atoms with Crippen molar-refractivity contribution in [2.45, 2.75) is 13.5 Å². The number of nitrogens with zero attached hydrogens (tertiary/aromatic N) is 2. The Bertz CT molecular complexity index is 494. The number of hydrogen-bond donors (Lipinski definition) is 3. The van der Waals surface area contributed by atoms with Crippen LogP contribution in [0.15, 0.2) is 22.9 Å². The fourth-order valence-electron chi connectivity index (χ4n) is 1.30. The van der Waals surface area contributed by atoms with Crippen LogP contribution in [0.1, 0.15) is 11.1 Å². The van der Waals surface area contributed by atoms with Crippen molar-refractivity contribution in [2.75, 3.05) is 11.1 Å². The Balaban J connectivity index is 2.08. The second-order valence-corrected chi connectivity index (χ2v) is 4.36. The lowest BCUT2D eigenvalue weighted by molar-refractivity contribution is 1.10. The van der Waals surface area contributed by atoms with E-state index in [9.17, 15) is 0 Å². The molecule has 2 rings (SSSR count). The molecule has 0 spiro atoms. The van der Waals surface area contributed by atoms with E-state index in [2.05, 4.69) is 36.4 Å². The number of rotatable bonds is 3. The third kappa shape index (κ3) is 2.33. The average Bonchev–Trinajstić information content (AvgIpc) is 2.63. The summed E-state index contributed by atoms with van der Waals surface area (Å²) in [5.74, 6) is 1.38. The Morgan fingerprint density at radius 2 is 2.31 bits per heavy atom. The zero-order valence-electron chi connectivity index (χ0n) is 8.79. The summed E-state index contributed by atoms with van der Waals surface area (Å²) < 4.78 is 0.939. The van der Waals surface area contributed by atoms with Gasteiger partial charge in [0.25, 0.3) is 0 Å². The van der Waals surface area contributed by atoms with Gasteiger partial charge in [0, 0.05) is 18.3 Å². The molecule has 4 N–H and O–H groups in total. The van der Waals surface area contributed by atoms with Gasteiger partial charge >= 0.3 is 0 Å². The standard InChI is InChI=1S/C10H12BrN5/c1-6-2-8(11)10(13-3-6)14-4-7-5-15-16-9(7)12/h2-3,5H,4H2,1H3,(H,13,14)(H3,12,15,16). The topological polar surface area (TPSA) is 79.6 Å². The lowest BCUT2D eigenvalue weighted by Gasteiger charge is -2.07. The minimum absolute atomic E-state index is 0.579. The summed E-state index contributed by atoms with van der Waals surface area (Å²) in [6.45, 7) is 2.59. The van der Waals surface area contributed by atoms with Gasteiger partial charge in [0.1, 0.15) is 11.6 Å². The Morgan fingerprint density at radius 1 is 1.50 bits per heavy atom. The van der Waals surface area contributed by atoms with Crippen molar-refractivity contribution in [3.05, 3.63) is 34.1 Å². The lowest BCUT2D eigenvalue weighted by Crippen LogP contribution is -2.03. The molecule has 2 heterocycles. The molecule has 2 aromatic heterocycles. The molecule has 0 aromatic carbocycles. The van der Waals surface area contributed by atoms with Crippen molar-refractivity contribution < 1.29 is 0 Å². The molecule has 0 radical (unpaired) electrons. The van der Waals surface area contributed by atoms with E-state index in [1.54, 1.807) is 6.20 Å². The van der Waals surface area contributed by atoms with E-state index in [4.69, 9.17) is 5.73 Å². The number of H-pyrrole nitrogens is 1. The lowest BCUT2D eigenvalue weighted by atomic mass is 10.3. The average molecular weight is 282 g/mol. The van der Waals surface area contributed by atoms with Crippen LogP contribution in [0, 0.1) is 6.92 Å². The molecule has 0 saturated carbocycles. The van der Waals surface area contributed by atoms with Gasteiger partial charge in [-0.15, -0.1) is 0 Å². The summed E-state index contributed by atoms with van der Waals surface area (Å²) in [5, 5.41) is 9.72. The highest BCUT2D eigenvalue weighted by molar-refractivity contribution is 9.10. The van der Waals surface area contributed by atoms with E-state index in [1.165, 1.54) is 0 Å². The predicted molar refractivity (Wildman–Crippen MR) is 67.0 cm³/mol. The highest BCUT2D eigenvalue weighted by atomic mass is 79.9. The van der Waals surface area contributed by atoms with Crippen LogP contribution in [-0.4, -0.2) is 15.2 Å². The molecule has 0 aliphatic rings. The SMILES string of the molecule is Cc1cnc(NCc2cn[nH]c2N)c(Br)c1. The molecule has 0 aliphatic carbocycles. The smallest absolute Gasteiger partial charge is 0.140 e. The van der Waals surface area contributed by atoms with Crippen LogP contribution in [0.3, 0.4) is 0 Å². The number of aromatic amines is 1. The molecule has 2 aromatic rings. The van der Waals surface area contributed by atoms with Gasteiger partial charge in [0.2, 0.25) is 0 Å². The summed E-state index contributed by atoms with van der Waals surface area (Å²) in [4.78, 5) is 4.28. The maximum Gasteiger partial charge on any atom is 0.140 e. The molecular formula is C10H12BrN5. The fourth-order valence-corrected chi connectivity index (χ4v) is 1.91. The Morgan fingerprint density at radius 3 is 2.94 bits per heavy atom. The summed E-state index contributed by atoms with van der Waals surface area (Å²) in [5.41, 5.74) is 7.71. The van der Waals surface area contributed by atoms with Gasteiger partial charge in [-0.3, -0.25) is 5.10 Å². The number of pyridine rings is 1. The molecule has 0 fully saturated rings. The maximum atomic E-state index is 5.68. The van der Waals surface area contributed by atoms with Crippen LogP contribution in [0.2, 0.25) is 0 Å². The molecule has 6 heteroatoms. The largest absolute Gasteiger partial charge is 0.384 e. The molecule has 5 nitrogen and oxygen atoms in total. The van der Waals surface area contributed by atoms with E-state index < -0.39 is 0 Å². The van der Waals surface area contributed by atoms with E-state index in [1.807, 2.05) is 19.2 Å². The molecule has 0 amide bonds. The first-order chi connectivity index (χ1) is 7.66. The first kappa shape index (κ1) is 10.9. The second kappa shape index (κ2) is 4.52. The van der Waals surface area contributed by atoms with Gasteiger partial charge in [-0.25, -0.2) is 4.98 Å². The van der Waals surface area contributed by atoms with E-state index in [-0.39, 0.29) is 0 Å². The van der Waals surface area contributed by atoms with Crippen molar-refractivity contribution >= 4 is 27.6 Å². The molecule has 84 valence electrons. The van der Waals surface area contributed by atoms with Crippen LogP contribution in [0.25, 0.3) is 0 Å². The number of halogens is 1. The predicted octanol–water partition coefficient (Wildman–Crippen LogP) is 2.07. The zero-order valence-corrected chi connectivity index (χ0v) is 10.4. The molecule has 0 saturated heterocycles. The summed E-state index contributed by atoms with van der Waals surface area (Å²) in [6, 6.07) is 2.01.